The molecule has 2 aromatic rings. The summed E-state index contributed by atoms with van der Waals surface area (Å²) in [5, 5.41) is 7.17. The zero-order valence-electron chi connectivity index (χ0n) is 11.6. The quantitative estimate of drug-likeness (QED) is 0.680. The van der Waals surface area contributed by atoms with E-state index >= 15 is 0 Å². The lowest BCUT2D eigenvalue weighted by Crippen LogP contribution is -2.32. The number of carbonyl (C=O) groups is 1. The summed E-state index contributed by atoms with van der Waals surface area (Å²) in [6.45, 7) is 4.59. The van der Waals surface area contributed by atoms with Gasteiger partial charge in [-0.2, -0.15) is 0 Å². The van der Waals surface area contributed by atoms with Crippen LogP contribution >= 0.6 is 12.4 Å². The molecule has 5 nitrogen and oxygen atoms in total. The van der Waals surface area contributed by atoms with E-state index in [2.05, 4.69) is 27.5 Å². The highest BCUT2D eigenvalue weighted by molar-refractivity contribution is 5.87. The number of fused-ring (bicyclic) bond motifs is 1. The number of halogens is 1. The van der Waals surface area contributed by atoms with Gasteiger partial charge in [0.1, 0.15) is 5.65 Å². The van der Waals surface area contributed by atoms with Crippen molar-refractivity contribution in [3.63, 3.8) is 0 Å². The van der Waals surface area contributed by atoms with Crippen molar-refractivity contribution in [2.45, 2.75) is 19.8 Å². The molecule has 6 heteroatoms. The topological polar surface area (TPSA) is 69.8 Å². The van der Waals surface area contributed by atoms with E-state index in [4.69, 9.17) is 0 Å². The molecule has 1 amide bonds. The normalized spacial score (nSPS) is 10.2. The van der Waals surface area contributed by atoms with Crippen molar-refractivity contribution in [3.8, 4) is 0 Å². The molecule has 0 radical (unpaired) electrons. The van der Waals surface area contributed by atoms with Crippen molar-refractivity contribution < 1.29 is 4.79 Å². The molecule has 0 spiro atoms. The third kappa shape index (κ3) is 4.51. The molecule has 0 atom stereocenters. The van der Waals surface area contributed by atoms with E-state index in [1.54, 1.807) is 6.20 Å². The van der Waals surface area contributed by atoms with Gasteiger partial charge in [-0.15, -0.1) is 12.4 Å². The minimum Gasteiger partial charge on any atom is -0.355 e. The van der Waals surface area contributed by atoms with E-state index in [9.17, 15) is 4.79 Å². The van der Waals surface area contributed by atoms with Gasteiger partial charge in [0, 0.05) is 30.9 Å². The number of aromatic amines is 1. The Morgan fingerprint density at radius 2 is 2.20 bits per heavy atom. The third-order valence-corrected chi connectivity index (χ3v) is 2.94. The average molecular weight is 297 g/mol. The van der Waals surface area contributed by atoms with E-state index in [-0.39, 0.29) is 18.3 Å². The summed E-state index contributed by atoms with van der Waals surface area (Å²) in [6, 6.07) is 3.86. The van der Waals surface area contributed by atoms with E-state index in [1.165, 1.54) is 0 Å². The van der Waals surface area contributed by atoms with Crippen LogP contribution in [-0.2, 0) is 11.2 Å². The summed E-state index contributed by atoms with van der Waals surface area (Å²) in [5.74, 6) is 0.0445. The highest BCUT2D eigenvalue weighted by atomic mass is 35.5. The van der Waals surface area contributed by atoms with E-state index in [0.717, 1.165) is 36.1 Å². The van der Waals surface area contributed by atoms with Crippen LogP contribution in [0.3, 0.4) is 0 Å². The van der Waals surface area contributed by atoms with Crippen LogP contribution in [0.2, 0.25) is 0 Å². The highest BCUT2D eigenvalue weighted by Gasteiger charge is 2.08. The molecule has 0 fully saturated rings. The smallest absolute Gasteiger partial charge is 0.224 e. The Morgan fingerprint density at radius 1 is 1.35 bits per heavy atom. The maximum Gasteiger partial charge on any atom is 0.224 e. The fourth-order valence-corrected chi connectivity index (χ4v) is 1.99. The molecule has 0 saturated heterocycles. The van der Waals surface area contributed by atoms with Crippen LogP contribution in [0.5, 0.6) is 0 Å². The number of aromatic nitrogens is 2. The summed E-state index contributed by atoms with van der Waals surface area (Å²) < 4.78 is 0. The van der Waals surface area contributed by atoms with E-state index in [0.29, 0.717) is 13.0 Å². The Hall–Kier alpha value is -1.59. The molecule has 0 unspecified atom stereocenters. The molecule has 2 aromatic heterocycles. The Balaban J connectivity index is 0.00000200. The predicted octanol–water partition coefficient (Wildman–Crippen LogP) is 1.64. The molecule has 0 aliphatic heterocycles. The van der Waals surface area contributed by atoms with Gasteiger partial charge in [-0.05, 0) is 30.7 Å². The van der Waals surface area contributed by atoms with Crippen LogP contribution in [0.25, 0.3) is 11.0 Å². The van der Waals surface area contributed by atoms with Gasteiger partial charge in [0.05, 0.1) is 6.42 Å². The Kier molecular flexibility index (Phi) is 7.04. The van der Waals surface area contributed by atoms with Crippen LogP contribution in [0, 0.1) is 0 Å². The first-order chi connectivity index (χ1) is 9.31. The summed E-state index contributed by atoms with van der Waals surface area (Å²) in [4.78, 5) is 19.1. The molecule has 3 N–H and O–H groups in total. The summed E-state index contributed by atoms with van der Waals surface area (Å²) in [6.07, 6.45) is 5.09. The number of hydrogen-bond donors (Lipinski definition) is 3. The Labute approximate surface area is 125 Å². The van der Waals surface area contributed by atoms with E-state index < -0.39 is 0 Å². The number of H-pyrrole nitrogens is 1. The largest absolute Gasteiger partial charge is 0.355 e. The van der Waals surface area contributed by atoms with Crippen molar-refractivity contribution >= 4 is 29.3 Å². The number of nitrogens with zero attached hydrogens (tertiary/aromatic N) is 1. The zero-order valence-corrected chi connectivity index (χ0v) is 12.4. The number of carbonyl (C=O) groups excluding carboxylic acids is 1. The third-order valence-electron chi connectivity index (χ3n) is 2.94. The monoisotopic (exact) mass is 296 g/mol. The number of nitrogens with one attached hydrogen (secondary N) is 3. The first kappa shape index (κ1) is 16.5. The summed E-state index contributed by atoms with van der Waals surface area (Å²) in [5.41, 5.74) is 1.82. The maximum absolute atomic E-state index is 11.8. The second kappa shape index (κ2) is 8.55. The lowest BCUT2D eigenvalue weighted by Gasteiger charge is -2.05. The lowest BCUT2D eigenvalue weighted by molar-refractivity contribution is -0.120. The SMILES string of the molecule is CCCNCCNC(=O)Cc1c[nH]c2ncccc12.Cl. The minimum atomic E-state index is 0. The van der Waals surface area contributed by atoms with Gasteiger partial charge < -0.3 is 15.6 Å². The van der Waals surface area contributed by atoms with Gasteiger partial charge >= 0.3 is 0 Å². The van der Waals surface area contributed by atoms with Crippen molar-refractivity contribution in [2.75, 3.05) is 19.6 Å². The predicted molar refractivity (Wildman–Crippen MR) is 83.2 cm³/mol. The molecular weight excluding hydrogens is 276 g/mol. The first-order valence-electron chi connectivity index (χ1n) is 6.69. The molecular formula is C14H21ClN4O. The first-order valence-corrected chi connectivity index (χ1v) is 6.69. The van der Waals surface area contributed by atoms with Crippen LogP contribution in [0.15, 0.2) is 24.5 Å². The molecule has 0 saturated carbocycles. The van der Waals surface area contributed by atoms with Crippen LogP contribution in [-0.4, -0.2) is 35.5 Å². The average Bonchev–Trinajstić information content (AvgIpc) is 2.82. The van der Waals surface area contributed by atoms with Gasteiger partial charge in [0.15, 0.2) is 0 Å². The molecule has 2 heterocycles. The van der Waals surface area contributed by atoms with Crippen molar-refractivity contribution in [1.82, 2.24) is 20.6 Å². The second-order valence-corrected chi connectivity index (χ2v) is 4.49. The van der Waals surface area contributed by atoms with E-state index in [1.807, 2.05) is 18.3 Å². The number of hydrogen-bond acceptors (Lipinski definition) is 3. The molecule has 20 heavy (non-hydrogen) atoms. The van der Waals surface area contributed by atoms with Crippen LogP contribution in [0.4, 0.5) is 0 Å². The molecule has 0 aliphatic carbocycles. The van der Waals surface area contributed by atoms with Gasteiger partial charge in [-0.3, -0.25) is 4.79 Å². The molecule has 110 valence electrons. The fraction of sp³-hybridized carbons (Fsp3) is 0.429. The van der Waals surface area contributed by atoms with Crippen molar-refractivity contribution in [3.05, 3.63) is 30.1 Å². The molecule has 0 aliphatic rings. The molecule has 0 aromatic carbocycles. The zero-order chi connectivity index (χ0) is 13.5. The number of rotatable bonds is 7. The summed E-state index contributed by atoms with van der Waals surface area (Å²) in [7, 11) is 0. The van der Waals surface area contributed by atoms with Gasteiger partial charge in [-0.25, -0.2) is 4.98 Å². The molecule has 2 rings (SSSR count). The minimum absolute atomic E-state index is 0. The van der Waals surface area contributed by atoms with Crippen LogP contribution in [0.1, 0.15) is 18.9 Å². The van der Waals surface area contributed by atoms with Crippen molar-refractivity contribution in [2.24, 2.45) is 0 Å². The second-order valence-electron chi connectivity index (χ2n) is 4.49. The number of pyridine rings is 1. The van der Waals surface area contributed by atoms with Gasteiger partial charge in [0.25, 0.3) is 0 Å². The number of amides is 1. The standard InChI is InChI=1S/C14H20N4O.ClH/c1-2-5-15-7-8-16-13(19)9-11-10-18-14-12(11)4-3-6-17-14;/h3-4,6,10,15H,2,5,7-9H2,1H3,(H,16,19)(H,17,18);1H. The molecule has 0 bridgehead atoms. The Bertz CT molecular complexity index is 541. The Morgan fingerprint density at radius 3 is 3.00 bits per heavy atom. The van der Waals surface area contributed by atoms with Gasteiger partial charge in [-0.1, -0.05) is 6.92 Å². The highest BCUT2D eigenvalue weighted by Crippen LogP contribution is 2.15. The lowest BCUT2D eigenvalue weighted by atomic mass is 10.1. The van der Waals surface area contributed by atoms with Crippen molar-refractivity contribution in [1.29, 1.82) is 0 Å². The maximum atomic E-state index is 11.8. The van der Waals surface area contributed by atoms with Gasteiger partial charge in [0.2, 0.25) is 5.91 Å². The van der Waals surface area contributed by atoms with Crippen LogP contribution < -0.4 is 10.6 Å². The fourth-order valence-electron chi connectivity index (χ4n) is 1.99. The summed E-state index contributed by atoms with van der Waals surface area (Å²) >= 11 is 0.